The summed E-state index contributed by atoms with van der Waals surface area (Å²) in [4.78, 5) is 14.9. The summed E-state index contributed by atoms with van der Waals surface area (Å²) < 4.78 is 0. The standard InChI is InChI=1S/C19H30N2O.ClH/c1-3-19(4-2,15-20)18(22)21-12-10-17(11-13-21)14-16-8-6-5-7-9-16;/h5-9,17H,3-4,10-15,20H2,1-2H3;1H. The van der Waals surface area contributed by atoms with Gasteiger partial charge in [0.25, 0.3) is 0 Å². The smallest absolute Gasteiger partial charge is 0.230 e. The van der Waals surface area contributed by atoms with Crippen LogP contribution in [-0.2, 0) is 11.2 Å². The Hall–Kier alpha value is -1.06. The molecule has 4 heteroatoms. The Morgan fingerprint density at radius 3 is 2.22 bits per heavy atom. The van der Waals surface area contributed by atoms with E-state index in [9.17, 15) is 4.79 Å². The Kier molecular flexibility index (Phi) is 8.07. The fourth-order valence-electron chi connectivity index (χ4n) is 3.55. The number of piperidine rings is 1. The first-order valence-electron chi connectivity index (χ1n) is 8.68. The van der Waals surface area contributed by atoms with E-state index in [1.807, 2.05) is 0 Å². The number of carbonyl (C=O) groups excluding carboxylic acids is 1. The highest BCUT2D eigenvalue weighted by molar-refractivity contribution is 5.85. The molecular weight excluding hydrogens is 308 g/mol. The zero-order valence-corrected chi connectivity index (χ0v) is 15.3. The zero-order valence-electron chi connectivity index (χ0n) is 14.5. The van der Waals surface area contributed by atoms with Crippen molar-refractivity contribution < 1.29 is 4.79 Å². The summed E-state index contributed by atoms with van der Waals surface area (Å²) in [6.45, 7) is 6.39. The predicted molar refractivity (Wildman–Crippen MR) is 98.8 cm³/mol. The zero-order chi connectivity index (χ0) is 16.0. The molecule has 3 nitrogen and oxygen atoms in total. The summed E-state index contributed by atoms with van der Waals surface area (Å²) in [6, 6.07) is 10.7. The van der Waals surface area contributed by atoms with Crippen LogP contribution in [0.2, 0.25) is 0 Å². The Bertz CT molecular complexity index is 457. The van der Waals surface area contributed by atoms with E-state index >= 15 is 0 Å². The van der Waals surface area contributed by atoms with Gasteiger partial charge in [-0.1, -0.05) is 44.2 Å². The van der Waals surface area contributed by atoms with Gasteiger partial charge in [0, 0.05) is 19.6 Å². The van der Waals surface area contributed by atoms with Crippen molar-refractivity contribution in [2.45, 2.75) is 46.0 Å². The molecule has 0 spiro atoms. The summed E-state index contributed by atoms with van der Waals surface area (Å²) in [7, 11) is 0. The van der Waals surface area contributed by atoms with E-state index in [4.69, 9.17) is 5.73 Å². The normalized spacial score (nSPS) is 16.0. The molecule has 1 aromatic carbocycles. The van der Waals surface area contributed by atoms with E-state index in [0.29, 0.717) is 12.5 Å². The molecule has 1 saturated heterocycles. The summed E-state index contributed by atoms with van der Waals surface area (Å²) in [5.41, 5.74) is 6.99. The Morgan fingerprint density at radius 2 is 1.74 bits per heavy atom. The minimum absolute atomic E-state index is 0. The molecule has 1 aliphatic rings. The predicted octanol–water partition coefficient (Wildman–Crippen LogP) is 3.65. The van der Waals surface area contributed by atoms with Gasteiger partial charge in [-0.2, -0.15) is 0 Å². The monoisotopic (exact) mass is 338 g/mol. The number of amides is 1. The van der Waals surface area contributed by atoms with Crippen molar-refractivity contribution >= 4 is 18.3 Å². The van der Waals surface area contributed by atoms with E-state index in [2.05, 4.69) is 49.1 Å². The van der Waals surface area contributed by atoms with Crippen LogP contribution >= 0.6 is 12.4 Å². The molecule has 2 N–H and O–H groups in total. The number of hydrogen-bond acceptors (Lipinski definition) is 2. The number of rotatable bonds is 6. The average Bonchev–Trinajstić information content (AvgIpc) is 2.58. The van der Waals surface area contributed by atoms with Crippen LogP contribution in [0.3, 0.4) is 0 Å². The fourth-order valence-corrected chi connectivity index (χ4v) is 3.55. The number of hydrogen-bond donors (Lipinski definition) is 1. The van der Waals surface area contributed by atoms with Crippen LogP contribution in [-0.4, -0.2) is 30.4 Å². The van der Waals surface area contributed by atoms with Crippen molar-refractivity contribution in [2.75, 3.05) is 19.6 Å². The van der Waals surface area contributed by atoms with Crippen molar-refractivity contribution in [1.29, 1.82) is 0 Å². The minimum atomic E-state index is -0.341. The van der Waals surface area contributed by atoms with Crippen molar-refractivity contribution in [3.8, 4) is 0 Å². The molecule has 1 fully saturated rings. The molecule has 2 rings (SSSR count). The van der Waals surface area contributed by atoms with Crippen LogP contribution in [0.15, 0.2) is 30.3 Å². The molecule has 0 aliphatic carbocycles. The fraction of sp³-hybridized carbons (Fsp3) is 0.632. The van der Waals surface area contributed by atoms with Crippen LogP contribution < -0.4 is 5.73 Å². The second kappa shape index (κ2) is 9.29. The maximum absolute atomic E-state index is 12.8. The van der Waals surface area contributed by atoms with Crippen LogP contribution in [0.4, 0.5) is 0 Å². The number of carbonyl (C=O) groups is 1. The van der Waals surface area contributed by atoms with E-state index < -0.39 is 0 Å². The average molecular weight is 339 g/mol. The maximum Gasteiger partial charge on any atom is 0.230 e. The first-order valence-corrected chi connectivity index (χ1v) is 8.68. The van der Waals surface area contributed by atoms with E-state index in [0.717, 1.165) is 45.2 Å². The summed E-state index contributed by atoms with van der Waals surface area (Å²) in [6.07, 6.45) is 5.02. The number of nitrogens with zero attached hydrogens (tertiary/aromatic N) is 1. The number of likely N-dealkylation sites (tertiary alicyclic amines) is 1. The third-order valence-corrected chi connectivity index (χ3v) is 5.47. The van der Waals surface area contributed by atoms with Crippen molar-refractivity contribution in [1.82, 2.24) is 4.90 Å². The molecule has 0 aromatic heterocycles. The molecule has 1 amide bonds. The highest BCUT2D eigenvalue weighted by Gasteiger charge is 2.37. The van der Waals surface area contributed by atoms with Gasteiger partial charge in [-0.3, -0.25) is 4.79 Å². The number of halogens is 1. The quantitative estimate of drug-likeness (QED) is 0.860. The lowest BCUT2D eigenvalue weighted by molar-refractivity contribution is -0.143. The molecular formula is C19H31ClN2O. The van der Waals surface area contributed by atoms with Gasteiger partial charge in [-0.15, -0.1) is 12.4 Å². The molecule has 1 aromatic rings. The van der Waals surface area contributed by atoms with Gasteiger partial charge in [-0.05, 0) is 43.6 Å². The van der Waals surface area contributed by atoms with Gasteiger partial charge in [0.15, 0.2) is 0 Å². The molecule has 0 atom stereocenters. The van der Waals surface area contributed by atoms with Crippen molar-refractivity contribution in [3.63, 3.8) is 0 Å². The van der Waals surface area contributed by atoms with Gasteiger partial charge in [0.1, 0.15) is 0 Å². The minimum Gasteiger partial charge on any atom is -0.342 e. The molecule has 1 heterocycles. The van der Waals surface area contributed by atoms with Gasteiger partial charge >= 0.3 is 0 Å². The Labute approximate surface area is 147 Å². The molecule has 23 heavy (non-hydrogen) atoms. The lowest BCUT2D eigenvalue weighted by Crippen LogP contribution is -2.50. The van der Waals surface area contributed by atoms with Crippen LogP contribution in [0.1, 0.15) is 45.1 Å². The van der Waals surface area contributed by atoms with E-state index in [1.165, 1.54) is 5.56 Å². The van der Waals surface area contributed by atoms with Crippen LogP contribution in [0, 0.1) is 11.3 Å². The van der Waals surface area contributed by atoms with E-state index in [-0.39, 0.29) is 23.7 Å². The van der Waals surface area contributed by atoms with Gasteiger partial charge in [0.05, 0.1) is 5.41 Å². The number of benzene rings is 1. The van der Waals surface area contributed by atoms with Crippen LogP contribution in [0.5, 0.6) is 0 Å². The van der Waals surface area contributed by atoms with Gasteiger partial charge in [0.2, 0.25) is 5.91 Å². The molecule has 0 unspecified atom stereocenters. The topological polar surface area (TPSA) is 46.3 Å². The summed E-state index contributed by atoms with van der Waals surface area (Å²) in [5.74, 6) is 0.972. The summed E-state index contributed by atoms with van der Waals surface area (Å²) >= 11 is 0. The SMILES string of the molecule is CCC(CC)(CN)C(=O)N1CCC(Cc2ccccc2)CC1.Cl. The molecule has 0 saturated carbocycles. The van der Waals surface area contributed by atoms with E-state index in [1.54, 1.807) is 0 Å². The third kappa shape index (κ3) is 4.71. The Balaban J connectivity index is 0.00000264. The largest absolute Gasteiger partial charge is 0.342 e. The van der Waals surface area contributed by atoms with Crippen LogP contribution in [0.25, 0.3) is 0 Å². The second-order valence-corrected chi connectivity index (χ2v) is 6.62. The molecule has 0 radical (unpaired) electrons. The Morgan fingerprint density at radius 1 is 1.17 bits per heavy atom. The van der Waals surface area contributed by atoms with Crippen molar-refractivity contribution in [3.05, 3.63) is 35.9 Å². The summed E-state index contributed by atoms with van der Waals surface area (Å²) in [5, 5.41) is 0. The van der Waals surface area contributed by atoms with Gasteiger partial charge in [-0.25, -0.2) is 0 Å². The maximum atomic E-state index is 12.8. The van der Waals surface area contributed by atoms with Crippen molar-refractivity contribution in [2.24, 2.45) is 17.1 Å². The molecule has 130 valence electrons. The highest BCUT2D eigenvalue weighted by atomic mass is 35.5. The van der Waals surface area contributed by atoms with Gasteiger partial charge < -0.3 is 10.6 Å². The highest BCUT2D eigenvalue weighted by Crippen LogP contribution is 2.30. The lowest BCUT2D eigenvalue weighted by atomic mass is 9.80. The molecule has 1 aliphatic heterocycles. The number of nitrogens with two attached hydrogens (primary N) is 1. The molecule has 0 bridgehead atoms. The lowest BCUT2D eigenvalue weighted by Gasteiger charge is -2.39. The first kappa shape index (κ1) is 20.0. The second-order valence-electron chi connectivity index (χ2n) is 6.62. The third-order valence-electron chi connectivity index (χ3n) is 5.47. The first-order chi connectivity index (χ1) is 10.6.